The lowest BCUT2D eigenvalue weighted by Crippen LogP contribution is -2.15. The van der Waals surface area contributed by atoms with Crippen LogP contribution < -0.4 is 5.32 Å². The van der Waals surface area contributed by atoms with Gasteiger partial charge in [-0.3, -0.25) is 4.79 Å². The van der Waals surface area contributed by atoms with E-state index in [1.54, 1.807) is 0 Å². The average molecular weight is 289 g/mol. The first kappa shape index (κ1) is 15.2. The zero-order chi connectivity index (χ0) is 15.4. The standard InChI is InChI=1S/C17H17F2NO/c1-11-6-7-13(12(2)10-11)8-9-16(21)20-17-14(18)4-3-5-15(17)19/h3-7,10H,8-9H2,1-2H3,(H,20,21). The molecule has 0 unspecified atom stereocenters. The van der Waals surface area contributed by atoms with Crippen LogP contribution in [0.2, 0.25) is 0 Å². The Labute approximate surface area is 122 Å². The van der Waals surface area contributed by atoms with E-state index < -0.39 is 17.5 Å². The fourth-order valence-corrected chi connectivity index (χ4v) is 2.19. The molecule has 0 radical (unpaired) electrons. The van der Waals surface area contributed by atoms with Crippen molar-refractivity contribution in [3.63, 3.8) is 0 Å². The van der Waals surface area contributed by atoms with Gasteiger partial charge >= 0.3 is 0 Å². The molecule has 0 bridgehead atoms. The van der Waals surface area contributed by atoms with Gasteiger partial charge in [0, 0.05) is 6.42 Å². The van der Waals surface area contributed by atoms with Crippen molar-refractivity contribution in [2.45, 2.75) is 26.7 Å². The van der Waals surface area contributed by atoms with Gasteiger partial charge in [-0.2, -0.15) is 0 Å². The van der Waals surface area contributed by atoms with Crippen LogP contribution in [0.5, 0.6) is 0 Å². The van der Waals surface area contributed by atoms with Crippen LogP contribution in [0, 0.1) is 25.5 Å². The summed E-state index contributed by atoms with van der Waals surface area (Å²) < 4.78 is 26.9. The van der Waals surface area contributed by atoms with Gasteiger partial charge in [-0.15, -0.1) is 0 Å². The highest BCUT2D eigenvalue weighted by molar-refractivity contribution is 5.91. The third-order valence-corrected chi connectivity index (χ3v) is 3.35. The number of amides is 1. The Bertz CT molecular complexity index is 648. The summed E-state index contributed by atoms with van der Waals surface area (Å²) >= 11 is 0. The van der Waals surface area contributed by atoms with Gasteiger partial charge in [-0.1, -0.05) is 29.8 Å². The molecule has 21 heavy (non-hydrogen) atoms. The Morgan fingerprint density at radius 3 is 2.38 bits per heavy atom. The lowest BCUT2D eigenvalue weighted by Gasteiger charge is -2.09. The number of nitrogens with one attached hydrogen (secondary N) is 1. The summed E-state index contributed by atoms with van der Waals surface area (Å²) in [5, 5.41) is 2.29. The monoisotopic (exact) mass is 289 g/mol. The molecule has 2 nitrogen and oxygen atoms in total. The van der Waals surface area contributed by atoms with Gasteiger partial charge in [0.2, 0.25) is 5.91 Å². The van der Waals surface area contributed by atoms with Crippen molar-refractivity contribution < 1.29 is 13.6 Å². The van der Waals surface area contributed by atoms with E-state index in [9.17, 15) is 13.6 Å². The van der Waals surface area contributed by atoms with Gasteiger partial charge in [0.1, 0.15) is 17.3 Å². The fourth-order valence-electron chi connectivity index (χ4n) is 2.19. The van der Waals surface area contributed by atoms with E-state index in [1.165, 1.54) is 6.07 Å². The lowest BCUT2D eigenvalue weighted by molar-refractivity contribution is -0.116. The summed E-state index contributed by atoms with van der Waals surface area (Å²) in [5.74, 6) is -1.94. The van der Waals surface area contributed by atoms with Crippen LogP contribution in [-0.2, 0) is 11.2 Å². The molecule has 0 aliphatic carbocycles. The first-order valence-corrected chi connectivity index (χ1v) is 6.77. The number of hydrogen-bond acceptors (Lipinski definition) is 1. The molecule has 0 saturated heterocycles. The fraction of sp³-hybridized carbons (Fsp3) is 0.235. The minimum Gasteiger partial charge on any atom is -0.321 e. The maximum Gasteiger partial charge on any atom is 0.224 e. The van der Waals surface area contributed by atoms with Gasteiger partial charge in [0.05, 0.1) is 0 Å². The van der Waals surface area contributed by atoms with Crippen LogP contribution in [0.15, 0.2) is 36.4 Å². The predicted molar refractivity (Wildman–Crippen MR) is 79.2 cm³/mol. The Morgan fingerprint density at radius 2 is 1.76 bits per heavy atom. The molecule has 0 atom stereocenters. The second-order valence-corrected chi connectivity index (χ2v) is 5.07. The second kappa shape index (κ2) is 6.48. The van der Waals surface area contributed by atoms with E-state index in [0.29, 0.717) is 6.42 Å². The number of halogens is 2. The van der Waals surface area contributed by atoms with E-state index in [4.69, 9.17) is 0 Å². The van der Waals surface area contributed by atoms with Gasteiger partial charge in [0.15, 0.2) is 0 Å². The molecule has 0 heterocycles. The number of anilines is 1. The van der Waals surface area contributed by atoms with Gasteiger partial charge in [-0.25, -0.2) is 8.78 Å². The number of rotatable bonds is 4. The molecule has 0 saturated carbocycles. The van der Waals surface area contributed by atoms with E-state index in [2.05, 4.69) is 5.32 Å². The van der Waals surface area contributed by atoms with Crippen molar-refractivity contribution in [1.82, 2.24) is 0 Å². The SMILES string of the molecule is Cc1ccc(CCC(=O)Nc2c(F)cccc2F)c(C)c1. The topological polar surface area (TPSA) is 29.1 Å². The van der Waals surface area contributed by atoms with Crippen LogP contribution in [0.25, 0.3) is 0 Å². The first-order valence-electron chi connectivity index (χ1n) is 6.77. The summed E-state index contributed by atoms with van der Waals surface area (Å²) in [6.07, 6.45) is 0.714. The zero-order valence-electron chi connectivity index (χ0n) is 12.0. The predicted octanol–water partition coefficient (Wildman–Crippen LogP) is 4.15. The van der Waals surface area contributed by atoms with Crippen molar-refractivity contribution in [2.75, 3.05) is 5.32 Å². The maximum atomic E-state index is 13.4. The van der Waals surface area contributed by atoms with Gasteiger partial charge < -0.3 is 5.32 Å². The van der Waals surface area contributed by atoms with E-state index in [-0.39, 0.29) is 12.1 Å². The number of carbonyl (C=O) groups excluding carboxylic acids is 1. The number of aryl methyl sites for hydroxylation is 3. The smallest absolute Gasteiger partial charge is 0.224 e. The molecular formula is C17H17F2NO. The van der Waals surface area contributed by atoms with Crippen LogP contribution in [0.4, 0.5) is 14.5 Å². The van der Waals surface area contributed by atoms with Crippen molar-refractivity contribution in [2.24, 2.45) is 0 Å². The third-order valence-electron chi connectivity index (χ3n) is 3.35. The summed E-state index contributed by atoms with van der Waals surface area (Å²) in [7, 11) is 0. The number of hydrogen-bond donors (Lipinski definition) is 1. The number of carbonyl (C=O) groups is 1. The highest BCUT2D eigenvalue weighted by atomic mass is 19.1. The quantitative estimate of drug-likeness (QED) is 0.900. The normalized spacial score (nSPS) is 10.5. The lowest BCUT2D eigenvalue weighted by atomic mass is 10.0. The molecular weight excluding hydrogens is 272 g/mol. The summed E-state index contributed by atoms with van der Waals surface area (Å²) in [6, 6.07) is 9.49. The molecule has 1 amide bonds. The largest absolute Gasteiger partial charge is 0.321 e. The maximum absolute atomic E-state index is 13.4. The van der Waals surface area contributed by atoms with Crippen LogP contribution in [0.1, 0.15) is 23.1 Å². The molecule has 110 valence electrons. The molecule has 2 aromatic carbocycles. The molecule has 0 aliphatic rings. The Kier molecular flexibility index (Phi) is 4.68. The zero-order valence-corrected chi connectivity index (χ0v) is 12.0. The Balaban J connectivity index is 1.99. The molecule has 0 aromatic heterocycles. The van der Waals surface area contributed by atoms with Crippen LogP contribution in [-0.4, -0.2) is 5.91 Å². The van der Waals surface area contributed by atoms with E-state index >= 15 is 0 Å². The van der Waals surface area contributed by atoms with Crippen molar-refractivity contribution in [1.29, 1.82) is 0 Å². The third kappa shape index (κ3) is 3.88. The van der Waals surface area contributed by atoms with Crippen LogP contribution >= 0.6 is 0 Å². The Hall–Kier alpha value is -2.23. The molecule has 0 fully saturated rings. The number of benzene rings is 2. The molecule has 1 N–H and O–H groups in total. The first-order chi connectivity index (χ1) is 9.97. The van der Waals surface area contributed by atoms with Gasteiger partial charge in [-0.05, 0) is 43.5 Å². The summed E-state index contributed by atoms with van der Waals surface area (Å²) in [4.78, 5) is 11.8. The Morgan fingerprint density at radius 1 is 1.10 bits per heavy atom. The van der Waals surface area contributed by atoms with Gasteiger partial charge in [0.25, 0.3) is 0 Å². The van der Waals surface area contributed by atoms with Crippen LogP contribution in [0.3, 0.4) is 0 Å². The molecule has 2 rings (SSSR count). The molecule has 0 spiro atoms. The second-order valence-electron chi connectivity index (χ2n) is 5.07. The van der Waals surface area contributed by atoms with E-state index in [1.807, 2.05) is 32.0 Å². The summed E-state index contributed by atoms with van der Waals surface area (Å²) in [6.45, 7) is 3.99. The van der Waals surface area contributed by atoms with Crippen molar-refractivity contribution in [3.8, 4) is 0 Å². The summed E-state index contributed by atoms with van der Waals surface area (Å²) in [5.41, 5.74) is 2.95. The average Bonchev–Trinajstić information content (AvgIpc) is 2.42. The van der Waals surface area contributed by atoms with Crippen molar-refractivity contribution in [3.05, 3.63) is 64.7 Å². The minimum absolute atomic E-state index is 0.178. The highest BCUT2D eigenvalue weighted by Gasteiger charge is 2.12. The molecule has 4 heteroatoms. The van der Waals surface area contributed by atoms with Crippen molar-refractivity contribution >= 4 is 11.6 Å². The number of para-hydroxylation sites is 1. The highest BCUT2D eigenvalue weighted by Crippen LogP contribution is 2.19. The molecule has 2 aromatic rings. The molecule has 0 aliphatic heterocycles. The van der Waals surface area contributed by atoms with E-state index in [0.717, 1.165) is 28.8 Å². The minimum atomic E-state index is -0.769.